The largest absolute Gasteiger partial charge is 0.332 e. The number of carbonyl (C=O) groups excluding carboxylic acids is 1. The van der Waals surface area contributed by atoms with Gasteiger partial charge in [-0.2, -0.15) is 5.26 Å². The Morgan fingerprint density at radius 1 is 1.57 bits per heavy atom. The molecule has 0 aromatic rings. The minimum absolute atomic E-state index is 0.196. The van der Waals surface area contributed by atoms with E-state index in [9.17, 15) is 4.79 Å². The van der Waals surface area contributed by atoms with Crippen LogP contribution in [0.4, 0.5) is 0 Å². The van der Waals surface area contributed by atoms with Gasteiger partial charge in [0.25, 0.3) is 0 Å². The van der Waals surface area contributed by atoms with Gasteiger partial charge in [-0.1, -0.05) is 6.42 Å². The summed E-state index contributed by atoms with van der Waals surface area (Å²) >= 11 is 0. The molecule has 76 valence electrons. The van der Waals surface area contributed by atoms with Crippen LogP contribution < -0.4 is 0 Å². The van der Waals surface area contributed by atoms with Gasteiger partial charge in [0.15, 0.2) is 0 Å². The number of hydrogen-bond donors (Lipinski definition) is 0. The maximum Gasteiger partial charge on any atom is 0.226 e. The van der Waals surface area contributed by atoms with Gasteiger partial charge in [0, 0.05) is 13.0 Å². The molecule has 14 heavy (non-hydrogen) atoms. The van der Waals surface area contributed by atoms with E-state index in [0.717, 1.165) is 6.42 Å². The van der Waals surface area contributed by atoms with Gasteiger partial charge in [-0.3, -0.25) is 4.79 Å². The Bertz CT molecular complexity index is 288. The minimum Gasteiger partial charge on any atom is -0.332 e. The smallest absolute Gasteiger partial charge is 0.226 e. The molecule has 1 atom stereocenters. The zero-order chi connectivity index (χ0) is 10.2. The van der Waals surface area contributed by atoms with Gasteiger partial charge in [-0.25, -0.2) is 0 Å². The first kappa shape index (κ1) is 9.51. The molecule has 2 fully saturated rings. The summed E-state index contributed by atoms with van der Waals surface area (Å²) in [6, 6.07) is 2.02. The van der Waals surface area contributed by atoms with Crippen LogP contribution in [0.1, 0.15) is 32.1 Å². The Kier molecular flexibility index (Phi) is 2.22. The molecular formula is C11H16N2O. The van der Waals surface area contributed by atoms with Crippen LogP contribution in [0.15, 0.2) is 0 Å². The maximum absolute atomic E-state index is 12.0. The predicted molar refractivity (Wildman–Crippen MR) is 52.3 cm³/mol. The molecule has 2 rings (SSSR count). The van der Waals surface area contributed by atoms with E-state index >= 15 is 0 Å². The summed E-state index contributed by atoms with van der Waals surface area (Å²) in [6.45, 7) is 0.228. The third-order valence-corrected chi connectivity index (χ3v) is 3.78. The lowest BCUT2D eigenvalue weighted by Crippen LogP contribution is -2.35. The fourth-order valence-corrected chi connectivity index (χ4v) is 2.73. The molecule has 2 saturated carbocycles. The van der Waals surface area contributed by atoms with Crippen molar-refractivity contribution in [1.82, 2.24) is 4.90 Å². The summed E-state index contributed by atoms with van der Waals surface area (Å²) in [5, 5.41) is 8.53. The van der Waals surface area contributed by atoms with Gasteiger partial charge in [-0.05, 0) is 31.1 Å². The van der Waals surface area contributed by atoms with Crippen LogP contribution in [0.3, 0.4) is 0 Å². The second-order valence-electron chi connectivity index (χ2n) is 4.66. The Balaban J connectivity index is 2.01. The molecular weight excluding hydrogens is 176 g/mol. The summed E-state index contributed by atoms with van der Waals surface area (Å²) in [7, 11) is 1.74. The third-order valence-electron chi connectivity index (χ3n) is 3.78. The SMILES string of the molecule is CN(CC#N)C(=O)C1CCCC12CC2. The molecule has 0 heterocycles. The summed E-state index contributed by atoms with van der Waals surface area (Å²) in [5.74, 6) is 0.419. The van der Waals surface area contributed by atoms with Crippen molar-refractivity contribution in [2.45, 2.75) is 32.1 Å². The number of hydrogen-bond acceptors (Lipinski definition) is 2. The van der Waals surface area contributed by atoms with E-state index in [1.165, 1.54) is 25.7 Å². The molecule has 3 nitrogen and oxygen atoms in total. The second-order valence-corrected chi connectivity index (χ2v) is 4.66. The number of carbonyl (C=O) groups is 1. The number of nitrogens with zero attached hydrogens (tertiary/aromatic N) is 2. The van der Waals surface area contributed by atoms with E-state index in [-0.39, 0.29) is 18.4 Å². The zero-order valence-electron chi connectivity index (χ0n) is 8.62. The van der Waals surface area contributed by atoms with Gasteiger partial charge < -0.3 is 4.90 Å². The Morgan fingerprint density at radius 3 is 2.86 bits per heavy atom. The monoisotopic (exact) mass is 192 g/mol. The molecule has 0 bridgehead atoms. The molecule has 2 aliphatic carbocycles. The molecule has 3 heteroatoms. The van der Waals surface area contributed by atoms with E-state index in [1.54, 1.807) is 11.9 Å². The highest BCUT2D eigenvalue weighted by atomic mass is 16.2. The van der Waals surface area contributed by atoms with E-state index in [1.807, 2.05) is 6.07 Å². The van der Waals surface area contributed by atoms with E-state index in [4.69, 9.17) is 5.26 Å². The Hall–Kier alpha value is -1.04. The normalized spacial score (nSPS) is 27.3. The summed E-state index contributed by atoms with van der Waals surface area (Å²) in [6.07, 6.45) is 5.91. The van der Waals surface area contributed by atoms with Crippen molar-refractivity contribution in [3.05, 3.63) is 0 Å². The lowest BCUT2D eigenvalue weighted by molar-refractivity contribution is -0.135. The molecule has 1 unspecified atom stereocenters. The molecule has 0 radical (unpaired) electrons. The first-order valence-corrected chi connectivity index (χ1v) is 5.31. The lowest BCUT2D eigenvalue weighted by atomic mass is 9.91. The molecule has 0 N–H and O–H groups in total. The summed E-state index contributed by atoms with van der Waals surface area (Å²) < 4.78 is 0. The van der Waals surface area contributed by atoms with Crippen LogP contribution in [0.2, 0.25) is 0 Å². The highest BCUT2D eigenvalue weighted by Crippen LogP contribution is 2.61. The average molecular weight is 192 g/mol. The zero-order valence-corrected chi connectivity index (χ0v) is 8.62. The number of amides is 1. The first-order chi connectivity index (χ1) is 6.69. The predicted octanol–water partition coefficient (Wildman–Crippen LogP) is 1.55. The minimum atomic E-state index is 0.196. The van der Waals surface area contributed by atoms with Gasteiger partial charge in [0.05, 0.1) is 6.07 Å². The van der Waals surface area contributed by atoms with E-state index in [2.05, 4.69) is 0 Å². The molecule has 2 aliphatic rings. The van der Waals surface area contributed by atoms with Crippen molar-refractivity contribution in [1.29, 1.82) is 5.26 Å². The fraction of sp³-hybridized carbons (Fsp3) is 0.818. The van der Waals surface area contributed by atoms with Crippen molar-refractivity contribution in [3.8, 4) is 6.07 Å². The fourth-order valence-electron chi connectivity index (χ4n) is 2.73. The second kappa shape index (κ2) is 3.27. The van der Waals surface area contributed by atoms with Crippen LogP contribution in [0.5, 0.6) is 0 Å². The van der Waals surface area contributed by atoms with E-state index < -0.39 is 0 Å². The lowest BCUT2D eigenvalue weighted by Gasteiger charge is -2.22. The van der Waals surface area contributed by atoms with Crippen LogP contribution in [-0.2, 0) is 4.79 Å². The van der Waals surface area contributed by atoms with Crippen molar-refractivity contribution in [2.24, 2.45) is 11.3 Å². The van der Waals surface area contributed by atoms with Gasteiger partial charge in [0.2, 0.25) is 5.91 Å². The molecule has 0 aromatic carbocycles. The molecule has 0 aromatic heterocycles. The summed E-state index contributed by atoms with van der Waals surface area (Å²) in [4.78, 5) is 13.5. The third kappa shape index (κ3) is 1.39. The molecule has 1 amide bonds. The van der Waals surface area contributed by atoms with Gasteiger partial charge in [-0.15, -0.1) is 0 Å². The molecule has 0 saturated heterocycles. The van der Waals surface area contributed by atoms with Crippen molar-refractivity contribution < 1.29 is 4.79 Å². The highest BCUT2D eigenvalue weighted by Gasteiger charge is 2.55. The van der Waals surface area contributed by atoms with Crippen LogP contribution in [0, 0.1) is 22.7 Å². The molecule has 0 aliphatic heterocycles. The highest BCUT2D eigenvalue weighted by molar-refractivity contribution is 5.80. The molecule has 1 spiro atoms. The summed E-state index contributed by atoms with van der Waals surface area (Å²) in [5.41, 5.74) is 0.362. The van der Waals surface area contributed by atoms with Crippen LogP contribution >= 0.6 is 0 Å². The van der Waals surface area contributed by atoms with E-state index in [0.29, 0.717) is 5.41 Å². The standard InChI is InChI=1S/C11H16N2O/c1-13(8-7-12)10(14)9-3-2-4-11(9)5-6-11/h9H,2-6,8H2,1H3. The maximum atomic E-state index is 12.0. The average Bonchev–Trinajstić information content (AvgIpc) is 2.78. The van der Waals surface area contributed by atoms with Crippen LogP contribution in [0.25, 0.3) is 0 Å². The quantitative estimate of drug-likeness (QED) is 0.623. The first-order valence-electron chi connectivity index (χ1n) is 5.31. The number of rotatable bonds is 2. The van der Waals surface area contributed by atoms with Crippen molar-refractivity contribution in [2.75, 3.05) is 13.6 Å². The Labute approximate surface area is 84.7 Å². The van der Waals surface area contributed by atoms with Crippen LogP contribution in [-0.4, -0.2) is 24.4 Å². The van der Waals surface area contributed by atoms with Gasteiger partial charge in [0.1, 0.15) is 6.54 Å². The number of nitriles is 1. The van der Waals surface area contributed by atoms with Crippen molar-refractivity contribution in [3.63, 3.8) is 0 Å². The Morgan fingerprint density at radius 2 is 2.29 bits per heavy atom. The topological polar surface area (TPSA) is 44.1 Å². The van der Waals surface area contributed by atoms with Crippen molar-refractivity contribution >= 4 is 5.91 Å². The van der Waals surface area contributed by atoms with Gasteiger partial charge >= 0.3 is 0 Å².